The molecule has 0 unspecified atom stereocenters. The number of benzene rings is 1. The predicted octanol–water partition coefficient (Wildman–Crippen LogP) is 1.83. The highest BCUT2D eigenvalue weighted by Gasteiger charge is 2.25. The van der Waals surface area contributed by atoms with Crippen molar-refractivity contribution in [3.63, 3.8) is 0 Å². The van der Waals surface area contributed by atoms with E-state index >= 15 is 0 Å². The van der Waals surface area contributed by atoms with Crippen molar-refractivity contribution in [3.8, 4) is 11.3 Å². The molecule has 0 saturated carbocycles. The third-order valence-corrected chi connectivity index (χ3v) is 4.58. The number of nitrogens with one attached hydrogen (secondary N) is 1. The number of aryl methyl sites for hydroxylation is 1. The number of methoxy groups -OCH3 is 1. The lowest BCUT2D eigenvalue weighted by molar-refractivity contribution is -0.115. The average molecular weight is 382 g/mol. The molecule has 0 radical (unpaired) electrons. The molecular weight excluding hydrogens is 363 g/mol. The first-order chi connectivity index (χ1) is 13.6. The molecule has 0 aliphatic carbocycles. The number of halogens is 1. The van der Waals surface area contributed by atoms with E-state index in [4.69, 9.17) is 4.74 Å². The highest BCUT2D eigenvalue weighted by Crippen LogP contribution is 2.31. The van der Waals surface area contributed by atoms with Gasteiger partial charge < -0.3 is 15.0 Å². The highest BCUT2D eigenvalue weighted by molar-refractivity contribution is 6.06. The molecule has 0 atom stereocenters. The molecule has 9 heteroatoms. The summed E-state index contributed by atoms with van der Waals surface area (Å²) in [5.74, 6) is 0.762. The first-order valence-electron chi connectivity index (χ1n) is 8.85. The number of carbonyl (C=O) groups is 1. The Hall–Kier alpha value is -3.20. The second kappa shape index (κ2) is 7.43. The van der Waals surface area contributed by atoms with Gasteiger partial charge in [-0.25, -0.2) is 19.4 Å². The fourth-order valence-corrected chi connectivity index (χ4v) is 3.20. The Balaban J connectivity index is 1.73. The number of aromatic nitrogens is 2. The largest absolute Gasteiger partial charge is 0.383 e. The van der Waals surface area contributed by atoms with E-state index in [1.165, 1.54) is 12.3 Å². The molecule has 0 fully saturated rings. The summed E-state index contributed by atoms with van der Waals surface area (Å²) in [6.45, 7) is 3.46. The van der Waals surface area contributed by atoms with Gasteiger partial charge in [-0.05, 0) is 24.6 Å². The van der Waals surface area contributed by atoms with E-state index in [0.717, 1.165) is 5.56 Å². The van der Waals surface area contributed by atoms with Crippen molar-refractivity contribution in [2.75, 3.05) is 43.6 Å². The summed E-state index contributed by atoms with van der Waals surface area (Å²) in [4.78, 5) is 31.0. The van der Waals surface area contributed by atoms with Crippen LogP contribution in [0.5, 0.6) is 0 Å². The van der Waals surface area contributed by atoms with Crippen LogP contribution in [0.4, 0.5) is 16.0 Å². The molecule has 2 aromatic rings. The fourth-order valence-electron chi connectivity index (χ4n) is 3.20. The van der Waals surface area contributed by atoms with Gasteiger partial charge in [0.2, 0.25) is 5.91 Å². The Labute approximate surface area is 161 Å². The van der Waals surface area contributed by atoms with Crippen LogP contribution in [0.15, 0.2) is 28.3 Å². The third kappa shape index (κ3) is 3.36. The van der Waals surface area contributed by atoms with Crippen LogP contribution in [0.1, 0.15) is 11.1 Å². The van der Waals surface area contributed by atoms with Gasteiger partial charge in [0.15, 0.2) is 17.5 Å². The minimum Gasteiger partial charge on any atom is -0.383 e. The van der Waals surface area contributed by atoms with Crippen molar-refractivity contribution in [2.45, 2.75) is 6.92 Å². The van der Waals surface area contributed by atoms with E-state index in [-0.39, 0.29) is 12.5 Å². The van der Waals surface area contributed by atoms with Crippen molar-refractivity contribution in [1.82, 2.24) is 9.97 Å². The lowest BCUT2D eigenvalue weighted by Gasteiger charge is -2.29. The second-order valence-electron chi connectivity index (χ2n) is 6.51. The molecule has 3 heterocycles. The highest BCUT2D eigenvalue weighted by atomic mass is 19.1. The Bertz CT molecular complexity index is 1000. The zero-order chi connectivity index (χ0) is 19.7. The predicted molar refractivity (Wildman–Crippen MR) is 105 cm³/mol. The average Bonchev–Trinajstić information content (AvgIpc) is 3.21. The molecule has 28 heavy (non-hydrogen) atoms. The molecular formula is C19H19FN6O2. The van der Waals surface area contributed by atoms with Gasteiger partial charge >= 0.3 is 0 Å². The monoisotopic (exact) mass is 382 g/mol. The molecule has 8 nitrogen and oxygen atoms in total. The minimum absolute atomic E-state index is 0.157. The number of aliphatic imine (C=N–C) groups is 2. The standard InChI is InChI=1S/C19H19FN6O2/c1-11-7-13(17-21-3-4-22-17)14(20)8-12(11)15-9-23-18-19(24-15)26(5-6-28-2)10-16(27)25-18/h3,7-9H,4-6,10H2,1-2H3,(H,23,25,27). The maximum atomic E-state index is 14.7. The summed E-state index contributed by atoms with van der Waals surface area (Å²) in [6, 6.07) is 3.15. The molecule has 2 aliphatic rings. The van der Waals surface area contributed by atoms with Crippen LogP contribution in [0.2, 0.25) is 0 Å². The molecule has 1 N–H and O–H groups in total. The van der Waals surface area contributed by atoms with Crippen LogP contribution in [-0.2, 0) is 9.53 Å². The molecule has 0 bridgehead atoms. The number of amides is 1. The van der Waals surface area contributed by atoms with Gasteiger partial charge in [0.1, 0.15) is 5.82 Å². The summed E-state index contributed by atoms with van der Waals surface area (Å²) < 4.78 is 19.8. The van der Waals surface area contributed by atoms with Crippen LogP contribution < -0.4 is 10.2 Å². The lowest BCUT2D eigenvalue weighted by Crippen LogP contribution is -2.41. The maximum Gasteiger partial charge on any atom is 0.245 e. The summed E-state index contributed by atoms with van der Waals surface area (Å²) in [6.07, 6.45) is 3.18. The van der Waals surface area contributed by atoms with E-state index in [1.807, 2.05) is 6.92 Å². The maximum absolute atomic E-state index is 14.7. The van der Waals surface area contributed by atoms with Crippen molar-refractivity contribution in [1.29, 1.82) is 0 Å². The smallest absolute Gasteiger partial charge is 0.245 e. The summed E-state index contributed by atoms with van der Waals surface area (Å²) >= 11 is 0. The van der Waals surface area contributed by atoms with Crippen molar-refractivity contribution < 1.29 is 13.9 Å². The first kappa shape index (κ1) is 18.2. The fraction of sp³-hybridized carbons (Fsp3) is 0.316. The van der Waals surface area contributed by atoms with Crippen molar-refractivity contribution in [3.05, 3.63) is 35.3 Å². The molecule has 0 saturated heterocycles. The number of rotatable bonds is 5. The quantitative estimate of drug-likeness (QED) is 0.852. The van der Waals surface area contributed by atoms with Crippen LogP contribution in [0, 0.1) is 12.7 Å². The van der Waals surface area contributed by atoms with Crippen LogP contribution in [0.25, 0.3) is 11.3 Å². The van der Waals surface area contributed by atoms with Crippen LogP contribution in [-0.4, -0.2) is 61.3 Å². The second-order valence-corrected chi connectivity index (χ2v) is 6.51. The summed E-state index contributed by atoms with van der Waals surface area (Å²) in [7, 11) is 1.60. The molecule has 0 spiro atoms. The molecule has 4 rings (SSSR count). The van der Waals surface area contributed by atoms with Crippen LogP contribution in [0.3, 0.4) is 0 Å². The molecule has 1 aromatic heterocycles. The van der Waals surface area contributed by atoms with Crippen molar-refractivity contribution >= 4 is 29.6 Å². The Morgan fingerprint density at radius 1 is 1.32 bits per heavy atom. The van der Waals surface area contributed by atoms with Crippen molar-refractivity contribution in [2.24, 2.45) is 9.98 Å². The van der Waals surface area contributed by atoms with Gasteiger partial charge in [0.25, 0.3) is 0 Å². The number of fused-ring (bicyclic) bond motifs is 1. The van der Waals surface area contributed by atoms with Gasteiger partial charge in [-0.1, -0.05) is 0 Å². The zero-order valence-corrected chi connectivity index (χ0v) is 15.6. The number of ether oxygens (including phenoxy) is 1. The van der Waals surface area contributed by atoms with Gasteiger partial charge in [-0.15, -0.1) is 0 Å². The number of nitrogens with zero attached hydrogens (tertiary/aromatic N) is 5. The summed E-state index contributed by atoms with van der Waals surface area (Å²) in [5.41, 5.74) is 2.36. The molecule has 1 amide bonds. The summed E-state index contributed by atoms with van der Waals surface area (Å²) in [5, 5.41) is 2.72. The van der Waals surface area contributed by atoms with Gasteiger partial charge in [-0.3, -0.25) is 9.79 Å². The number of carbonyl (C=O) groups excluding carboxylic acids is 1. The van der Waals surface area contributed by atoms with E-state index in [9.17, 15) is 9.18 Å². The molecule has 2 aliphatic heterocycles. The van der Waals surface area contributed by atoms with E-state index < -0.39 is 5.82 Å². The minimum atomic E-state index is -0.414. The topological polar surface area (TPSA) is 92.1 Å². The number of hydrogen-bond donors (Lipinski definition) is 1. The zero-order valence-electron chi connectivity index (χ0n) is 15.6. The Morgan fingerprint density at radius 2 is 2.18 bits per heavy atom. The van der Waals surface area contributed by atoms with Gasteiger partial charge in [0.05, 0.1) is 37.2 Å². The van der Waals surface area contributed by atoms with E-state index in [0.29, 0.717) is 54.0 Å². The SMILES string of the molecule is COCCN1CC(=O)Nc2ncc(-c3cc(F)c(C4=NCC=N4)cc3C)nc21. The third-order valence-electron chi connectivity index (χ3n) is 4.58. The Morgan fingerprint density at radius 3 is 2.93 bits per heavy atom. The van der Waals surface area contributed by atoms with Gasteiger partial charge in [-0.2, -0.15) is 0 Å². The van der Waals surface area contributed by atoms with Crippen LogP contribution >= 0.6 is 0 Å². The number of anilines is 2. The van der Waals surface area contributed by atoms with E-state index in [1.54, 1.807) is 24.3 Å². The molecule has 1 aromatic carbocycles. The normalized spacial score (nSPS) is 15.5. The number of amidine groups is 1. The lowest BCUT2D eigenvalue weighted by atomic mass is 10.0. The van der Waals surface area contributed by atoms with Gasteiger partial charge in [0, 0.05) is 25.4 Å². The Kier molecular flexibility index (Phi) is 4.82. The van der Waals surface area contributed by atoms with E-state index in [2.05, 4.69) is 25.3 Å². The first-order valence-corrected chi connectivity index (χ1v) is 8.85. The molecule has 144 valence electrons. The number of hydrogen-bond acceptors (Lipinski definition) is 7.